The lowest BCUT2D eigenvalue weighted by Gasteiger charge is -2.13. The Bertz CT molecular complexity index is 696. The highest BCUT2D eigenvalue weighted by Crippen LogP contribution is 2.08. The molecule has 0 spiro atoms. The molecule has 0 saturated carbocycles. The Morgan fingerprint density at radius 2 is 2.19 bits per heavy atom. The highest BCUT2D eigenvalue weighted by atomic mass is 16.5. The van der Waals surface area contributed by atoms with E-state index in [2.05, 4.69) is 25.8 Å². The summed E-state index contributed by atoms with van der Waals surface area (Å²) in [5.74, 6) is 1.80. The summed E-state index contributed by atoms with van der Waals surface area (Å²) in [7, 11) is 1.79. The zero-order valence-electron chi connectivity index (χ0n) is 15.4. The van der Waals surface area contributed by atoms with Crippen LogP contribution in [-0.4, -0.2) is 66.6 Å². The number of nitrogens with zero attached hydrogens (tertiary/aromatic N) is 4. The van der Waals surface area contributed by atoms with Crippen LogP contribution in [0, 0.1) is 0 Å². The van der Waals surface area contributed by atoms with E-state index in [4.69, 9.17) is 9.47 Å². The number of hydrogen-bond acceptors (Lipinski definition) is 5. The van der Waals surface area contributed by atoms with Gasteiger partial charge in [-0.2, -0.15) is 0 Å². The number of aryl methyl sites for hydroxylation is 1. The molecule has 1 aliphatic heterocycles. The van der Waals surface area contributed by atoms with Crippen LogP contribution in [0.5, 0.6) is 0 Å². The van der Waals surface area contributed by atoms with E-state index < -0.39 is 0 Å². The Labute approximate surface area is 154 Å². The Balaban J connectivity index is 1.28. The Hall–Kier alpha value is -2.19. The molecule has 0 aliphatic carbocycles. The molecule has 2 N–H and O–H groups in total. The van der Waals surface area contributed by atoms with Gasteiger partial charge < -0.3 is 20.1 Å². The molecule has 0 amide bonds. The summed E-state index contributed by atoms with van der Waals surface area (Å²) in [6.45, 7) is 3.97. The van der Waals surface area contributed by atoms with Gasteiger partial charge in [0.25, 0.3) is 0 Å². The van der Waals surface area contributed by atoms with E-state index in [1.807, 2.05) is 28.8 Å². The fourth-order valence-electron chi connectivity index (χ4n) is 2.91. The molecule has 1 fully saturated rings. The second-order valence-corrected chi connectivity index (χ2v) is 6.28. The molecular weight excluding hydrogens is 332 g/mol. The number of fused-ring (bicyclic) bond motifs is 1. The van der Waals surface area contributed by atoms with Gasteiger partial charge in [-0.15, -0.1) is 10.2 Å². The second kappa shape index (κ2) is 10.1. The van der Waals surface area contributed by atoms with Crippen LogP contribution in [-0.2, 0) is 15.9 Å². The molecule has 0 bridgehead atoms. The van der Waals surface area contributed by atoms with E-state index in [1.165, 1.54) is 0 Å². The molecule has 142 valence electrons. The molecule has 2 aromatic rings. The van der Waals surface area contributed by atoms with E-state index in [9.17, 15) is 0 Å². The van der Waals surface area contributed by atoms with Gasteiger partial charge in [0.05, 0.1) is 12.7 Å². The van der Waals surface area contributed by atoms with Crippen LogP contribution in [0.25, 0.3) is 5.65 Å². The summed E-state index contributed by atoms with van der Waals surface area (Å²) in [5, 5.41) is 15.1. The van der Waals surface area contributed by atoms with E-state index in [0.29, 0.717) is 0 Å². The molecule has 26 heavy (non-hydrogen) atoms. The van der Waals surface area contributed by atoms with Gasteiger partial charge in [0.1, 0.15) is 5.82 Å². The molecule has 1 atom stereocenters. The van der Waals surface area contributed by atoms with Crippen molar-refractivity contribution >= 4 is 11.6 Å². The van der Waals surface area contributed by atoms with Gasteiger partial charge in [-0.1, -0.05) is 6.07 Å². The number of rotatable bonds is 9. The van der Waals surface area contributed by atoms with Gasteiger partial charge in [0, 0.05) is 46.0 Å². The lowest BCUT2D eigenvalue weighted by atomic mass is 10.3. The number of aliphatic imine (C=N–C) groups is 1. The van der Waals surface area contributed by atoms with E-state index >= 15 is 0 Å². The number of guanidine groups is 1. The van der Waals surface area contributed by atoms with Crippen LogP contribution in [0.2, 0.25) is 0 Å². The lowest BCUT2D eigenvalue weighted by molar-refractivity contribution is 0.0420. The molecule has 2 aromatic heterocycles. The Morgan fingerprint density at radius 3 is 3.00 bits per heavy atom. The molecule has 1 saturated heterocycles. The van der Waals surface area contributed by atoms with E-state index in [1.54, 1.807) is 7.05 Å². The molecule has 3 heterocycles. The van der Waals surface area contributed by atoms with Crippen molar-refractivity contribution in [2.24, 2.45) is 4.99 Å². The molecule has 8 nitrogen and oxygen atoms in total. The maximum absolute atomic E-state index is 5.75. The van der Waals surface area contributed by atoms with Crippen molar-refractivity contribution in [3.05, 3.63) is 30.2 Å². The molecule has 3 rings (SSSR count). The fourth-order valence-corrected chi connectivity index (χ4v) is 2.91. The summed E-state index contributed by atoms with van der Waals surface area (Å²) in [4.78, 5) is 4.25. The largest absolute Gasteiger partial charge is 0.379 e. The van der Waals surface area contributed by atoms with Crippen molar-refractivity contribution in [1.29, 1.82) is 0 Å². The van der Waals surface area contributed by atoms with Crippen LogP contribution in [0.1, 0.15) is 25.1 Å². The average Bonchev–Trinajstić information content (AvgIpc) is 3.33. The fraction of sp³-hybridized carbons (Fsp3) is 0.611. The quantitative estimate of drug-likeness (QED) is 0.395. The van der Waals surface area contributed by atoms with Crippen molar-refractivity contribution in [3.63, 3.8) is 0 Å². The van der Waals surface area contributed by atoms with E-state index in [-0.39, 0.29) is 6.10 Å². The highest BCUT2D eigenvalue weighted by molar-refractivity contribution is 5.79. The number of nitrogens with one attached hydrogen (secondary N) is 2. The molecule has 8 heteroatoms. The topological polar surface area (TPSA) is 85.1 Å². The van der Waals surface area contributed by atoms with Crippen molar-refractivity contribution in [3.8, 4) is 0 Å². The van der Waals surface area contributed by atoms with Gasteiger partial charge in [-0.25, -0.2) is 0 Å². The van der Waals surface area contributed by atoms with Crippen LogP contribution < -0.4 is 10.6 Å². The first-order chi connectivity index (χ1) is 12.9. The van der Waals surface area contributed by atoms with Crippen molar-refractivity contribution in [2.45, 2.75) is 31.8 Å². The van der Waals surface area contributed by atoms with Gasteiger partial charge in [0.15, 0.2) is 11.6 Å². The minimum Gasteiger partial charge on any atom is -0.379 e. The van der Waals surface area contributed by atoms with Crippen molar-refractivity contribution in [1.82, 2.24) is 25.2 Å². The van der Waals surface area contributed by atoms with Gasteiger partial charge >= 0.3 is 0 Å². The molecule has 1 aliphatic rings. The lowest BCUT2D eigenvalue weighted by Crippen LogP contribution is -2.38. The van der Waals surface area contributed by atoms with Gasteiger partial charge in [0.2, 0.25) is 0 Å². The van der Waals surface area contributed by atoms with Crippen molar-refractivity contribution in [2.75, 3.05) is 40.0 Å². The number of hydrogen-bond donors (Lipinski definition) is 2. The molecular formula is C18H28N6O2. The minimum absolute atomic E-state index is 0.278. The maximum atomic E-state index is 5.75. The van der Waals surface area contributed by atoms with Crippen LogP contribution in [0.4, 0.5) is 0 Å². The third-order valence-electron chi connectivity index (χ3n) is 4.33. The molecule has 0 aromatic carbocycles. The second-order valence-electron chi connectivity index (χ2n) is 6.28. The first-order valence-electron chi connectivity index (χ1n) is 9.29. The summed E-state index contributed by atoms with van der Waals surface area (Å²) >= 11 is 0. The molecule has 0 radical (unpaired) electrons. The summed E-state index contributed by atoms with van der Waals surface area (Å²) in [5.41, 5.74) is 0.888. The van der Waals surface area contributed by atoms with Gasteiger partial charge in [-0.3, -0.25) is 9.39 Å². The number of ether oxygens (including phenoxy) is 2. The standard InChI is InChI=1S/C18H28N6O2/c1-19-18(21-10-5-12-26-15-8-13-25-14-15)20-9-4-7-17-23-22-16-6-2-3-11-24(16)17/h2-3,6,11,15H,4-5,7-10,12-14H2,1H3,(H2,19,20,21). The summed E-state index contributed by atoms with van der Waals surface area (Å²) in [6, 6.07) is 5.93. The first-order valence-corrected chi connectivity index (χ1v) is 9.29. The van der Waals surface area contributed by atoms with Crippen LogP contribution in [0.15, 0.2) is 29.4 Å². The van der Waals surface area contributed by atoms with Crippen molar-refractivity contribution < 1.29 is 9.47 Å². The van der Waals surface area contributed by atoms with Crippen LogP contribution >= 0.6 is 0 Å². The molecule has 1 unspecified atom stereocenters. The van der Waals surface area contributed by atoms with Crippen LogP contribution in [0.3, 0.4) is 0 Å². The third kappa shape index (κ3) is 5.40. The zero-order chi connectivity index (χ0) is 18.0. The highest BCUT2D eigenvalue weighted by Gasteiger charge is 2.15. The maximum Gasteiger partial charge on any atom is 0.190 e. The number of pyridine rings is 1. The normalized spacial score (nSPS) is 17.7. The summed E-state index contributed by atoms with van der Waals surface area (Å²) < 4.78 is 13.1. The third-order valence-corrected chi connectivity index (χ3v) is 4.33. The monoisotopic (exact) mass is 360 g/mol. The van der Waals surface area contributed by atoms with Gasteiger partial charge in [-0.05, 0) is 31.4 Å². The zero-order valence-corrected chi connectivity index (χ0v) is 15.4. The first kappa shape index (κ1) is 18.6. The average molecular weight is 360 g/mol. The predicted molar refractivity (Wildman–Crippen MR) is 100 cm³/mol. The predicted octanol–water partition coefficient (Wildman–Crippen LogP) is 1.02. The Kier molecular flexibility index (Phi) is 7.21. The summed E-state index contributed by atoms with van der Waals surface area (Å²) in [6.07, 6.45) is 6.06. The van der Waals surface area contributed by atoms with E-state index in [0.717, 1.165) is 76.0 Å². The number of aromatic nitrogens is 3. The Morgan fingerprint density at radius 1 is 1.31 bits per heavy atom. The smallest absolute Gasteiger partial charge is 0.190 e. The SMILES string of the molecule is CN=C(NCCCOC1CCOC1)NCCCc1nnc2ccccn12. The minimum atomic E-state index is 0.278.